The molecule has 0 aliphatic carbocycles. The van der Waals surface area contributed by atoms with Crippen molar-refractivity contribution in [1.29, 1.82) is 0 Å². The van der Waals surface area contributed by atoms with E-state index < -0.39 is 0 Å². The molecular formula is C15H17ClN2OS. The highest BCUT2D eigenvalue weighted by Gasteiger charge is 2.09. The van der Waals surface area contributed by atoms with Gasteiger partial charge in [0, 0.05) is 16.4 Å². The van der Waals surface area contributed by atoms with E-state index in [9.17, 15) is 4.79 Å². The van der Waals surface area contributed by atoms with E-state index in [2.05, 4.69) is 10.6 Å². The van der Waals surface area contributed by atoms with Crippen LogP contribution in [0.15, 0.2) is 36.4 Å². The van der Waals surface area contributed by atoms with Gasteiger partial charge in [-0.25, -0.2) is 0 Å². The first kappa shape index (κ1) is 15.0. The zero-order valence-electron chi connectivity index (χ0n) is 11.3. The fourth-order valence-electron chi connectivity index (χ4n) is 1.78. The summed E-state index contributed by atoms with van der Waals surface area (Å²) >= 11 is 7.36. The van der Waals surface area contributed by atoms with E-state index in [-0.39, 0.29) is 5.91 Å². The summed E-state index contributed by atoms with van der Waals surface area (Å²) in [5.74, 6) is -0.00804. The average Bonchev–Trinajstić information content (AvgIpc) is 2.94. The van der Waals surface area contributed by atoms with E-state index in [1.54, 1.807) is 0 Å². The first-order valence-electron chi connectivity index (χ1n) is 6.49. The molecule has 0 unspecified atom stereocenters. The zero-order valence-corrected chi connectivity index (χ0v) is 12.9. The van der Waals surface area contributed by atoms with E-state index in [1.807, 2.05) is 43.4 Å². The normalized spacial score (nSPS) is 10.5. The predicted octanol–water partition coefficient (Wildman–Crippen LogP) is 3.41. The van der Waals surface area contributed by atoms with E-state index in [1.165, 1.54) is 11.3 Å². The number of thiophene rings is 1. The Morgan fingerprint density at radius 3 is 2.60 bits per heavy atom. The Kier molecular flexibility index (Phi) is 5.59. The van der Waals surface area contributed by atoms with E-state index >= 15 is 0 Å². The minimum Gasteiger partial charge on any atom is -0.351 e. The monoisotopic (exact) mass is 308 g/mol. The first-order valence-corrected chi connectivity index (χ1v) is 7.68. The van der Waals surface area contributed by atoms with Crippen molar-refractivity contribution >= 4 is 28.8 Å². The highest BCUT2D eigenvalue weighted by molar-refractivity contribution is 7.17. The highest BCUT2D eigenvalue weighted by Crippen LogP contribution is 2.28. The molecule has 1 aromatic carbocycles. The van der Waals surface area contributed by atoms with Gasteiger partial charge >= 0.3 is 0 Å². The van der Waals surface area contributed by atoms with Crippen LogP contribution in [0.2, 0.25) is 5.02 Å². The van der Waals surface area contributed by atoms with Crippen molar-refractivity contribution in [1.82, 2.24) is 10.6 Å². The number of rotatable bonds is 6. The van der Waals surface area contributed by atoms with Gasteiger partial charge in [-0.1, -0.05) is 23.7 Å². The smallest absolute Gasteiger partial charge is 0.261 e. The summed E-state index contributed by atoms with van der Waals surface area (Å²) in [5, 5.41) is 6.69. The number of carbonyl (C=O) groups is 1. The second-order valence-corrected chi connectivity index (χ2v) is 5.90. The summed E-state index contributed by atoms with van der Waals surface area (Å²) in [7, 11) is 1.90. The highest BCUT2D eigenvalue weighted by atomic mass is 35.5. The van der Waals surface area contributed by atoms with Crippen LogP contribution in [0.25, 0.3) is 10.4 Å². The topological polar surface area (TPSA) is 41.1 Å². The number of halogens is 1. The third kappa shape index (κ3) is 4.07. The Hall–Kier alpha value is -1.36. The van der Waals surface area contributed by atoms with Crippen LogP contribution in [-0.2, 0) is 0 Å². The minimum absolute atomic E-state index is 0.00804. The number of benzene rings is 1. The van der Waals surface area contributed by atoms with Crippen molar-refractivity contribution in [3.63, 3.8) is 0 Å². The van der Waals surface area contributed by atoms with Crippen molar-refractivity contribution in [3.8, 4) is 10.4 Å². The summed E-state index contributed by atoms with van der Waals surface area (Å²) in [4.78, 5) is 13.8. The molecule has 1 heterocycles. The molecular weight excluding hydrogens is 292 g/mol. The SMILES string of the molecule is CNCCCNC(=O)c1ccc(-c2ccc(Cl)cc2)s1. The summed E-state index contributed by atoms with van der Waals surface area (Å²) in [6.07, 6.45) is 0.928. The Balaban J connectivity index is 1.98. The van der Waals surface area contributed by atoms with E-state index in [0.29, 0.717) is 11.6 Å². The van der Waals surface area contributed by atoms with Gasteiger partial charge in [-0.3, -0.25) is 4.79 Å². The molecule has 0 atom stereocenters. The Morgan fingerprint density at radius 1 is 1.15 bits per heavy atom. The van der Waals surface area contributed by atoms with Crippen molar-refractivity contribution < 1.29 is 4.79 Å². The molecule has 1 aromatic heterocycles. The largest absolute Gasteiger partial charge is 0.351 e. The number of hydrogen-bond acceptors (Lipinski definition) is 3. The van der Waals surface area contributed by atoms with Gasteiger partial charge in [0.2, 0.25) is 0 Å². The van der Waals surface area contributed by atoms with Crippen molar-refractivity contribution in [2.75, 3.05) is 20.1 Å². The van der Waals surface area contributed by atoms with Gasteiger partial charge in [0.15, 0.2) is 0 Å². The standard InChI is InChI=1S/C15H17ClN2OS/c1-17-9-2-10-18-15(19)14-8-7-13(20-14)11-3-5-12(16)6-4-11/h3-8,17H,2,9-10H2,1H3,(H,18,19). The van der Waals surface area contributed by atoms with Crippen LogP contribution in [0, 0.1) is 0 Å². The van der Waals surface area contributed by atoms with Crippen LogP contribution in [0.4, 0.5) is 0 Å². The zero-order chi connectivity index (χ0) is 14.4. The number of nitrogens with one attached hydrogen (secondary N) is 2. The molecule has 0 saturated heterocycles. The second kappa shape index (κ2) is 7.43. The van der Waals surface area contributed by atoms with Gasteiger partial charge in [0.25, 0.3) is 5.91 Å². The predicted molar refractivity (Wildman–Crippen MR) is 85.6 cm³/mol. The van der Waals surface area contributed by atoms with Crippen LogP contribution < -0.4 is 10.6 Å². The van der Waals surface area contributed by atoms with Crippen LogP contribution in [0.5, 0.6) is 0 Å². The molecule has 0 aliphatic rings. The molecule has 1 amide bonds. The number of amides is 1. The molecule has 5 heteroatoms. The fourth-order valence-corrected chi connectivity index (χ4v) is 2.84. The first-order chi connectivity index (χ1) is 9.70. The van der Waals surface area contributed by atoms with Gasteiger partial charge in [-0.15, -0.1) is 11.3 Å². The lowest BCUT2D eigenvalue weighted by molar-refractivity contribution is 0.0957. The summed E-state index contributed by atoms with van der Waals surface area (Å²) in [6.45, 7) is 1.59. The number of carbonyl (C=O) groups excluding carboxylic acids is 1. The molecule has 2 N–H and O–H groups in total. The lowest BCUT2D eigenvalue weighted by Crippen LogP contribution is -2.25. The quantitative estimate of drug-likeness (QED) is 0.803. The average molecular weight is 309 g/mol. The number of hydrogen-bond donors (Lipinski definition) is 2. The van der Waals surface area contributed by atoms with E-state index in [4.69, 9.17) is 11.6 Å². The molecule has 0 fully saturated rings. The van der Waals surface area contributed by atoms with Crippen molar-refractivity contribution in [2.45, 2.75) is 6.42 Å². The lowest BCUT2D eigenvalue weighted by Gasteiger charge is -2.02. The van der Waals surface area contributed by atoms with Crippen LogP contribution in [0.1, 0.15) is 16.1 Å². The molecule has 20 heavy (non-hydrogen) atoms. The van der Waals surface area contributed by atoms with Crippen molar-refractivity contribution in [2.24, 2.45) is 0 Å². The Labute approximate surface area is 128 Å². The summed E-state index contributed by atoms with van der Waals surface area (Å²) < 4.78 is 0. The maximum atomic E-state index is 12.0. The molecule has 2 aromatic rings. The molecule has 2 rings (SSSR count). The molecule has 0 spiro atoms. The van der Waals surface area contributed by atoms with E-state index in [0.717, 1.165) is 28.3 Å². The van der Waals surface area contributed by atoms with Crippen LogP contribution >= 0.6 is 22.9 Å². The molecule has 0 bridgehead atoms. The second-order valence-electron chi connectivity index (χ2n) is 4.38. The van der Waals surface area contributed by atoms with Gasteiger partial charge in [0.1, 0.15) is 0 Å². The summed E-state index contributed by atoms with van der Waals surface area (Å²) in [5.41, 5.74) is 1.08. The van der Waals surface area contributed by atoms with Gasteiger partial charge in [-0.05, 0) is 49.8 Å². The lowest BCUT2D eigenvalue weighted by atomic mass is 10.2. The van der Waals surface area contributed by atoms with Gasteiger partial charge < -0.3 is 10.6 Å². The third-order valence-corrected chi connectivity index (χ3v) is 4.23. The maximum absolute atomic E-state index is 12.0. The molecule has 3 nitrogen and oxygen atoms in total. The summed E-state index contributed by atoms with van der Waals surface area (Å²) in [6, 6.07) is 11.5. The minimum atomic E-state index is -0.00804. The van der Waals surface area contributed by atoms with Gasteiger partial charge in [-0.2, -0.15) is 0 Å². The molecule has 0 aliphatic heterocycles. The van der Waals surface area contributed by atoms with Gasteiger partial charge in [0.05, 0.1) is 4.88 Å². The molecule has 0 saturated carbocycles. The Bertz CT molecular complexity index is 566. The molecule has 106 valence electrons. The third-order valence-electron chi connectivity index (χ3n) is 2.85. The molecule has 0 radical (unpaired) electrons. The van der Waals surface area contributed by atoms with Crippen LogP contribution in [-0.4, -0.2) is 26.0 Å². The maximum Gasteiger partial charge on any atom is 0.261 e. The van der Waals surface area contributed by atoms with Crippen LogP contribution in [0.3, 0.4) is 0 Å². The fraction of sp³-hybridized carbons (Fsp3) is 0.267. The van der Waals surface area contributed by atoms with Crippen molar-refractivity contribution in [3.05, 3.63) is 46.3 Å². The Morgan fingerprint density at radius 2 is 1.90 bits per heavy atom.